The van der Waals surface area contributed by atoms with Crippen molar-refractivity contribution < 1.29 is 18.7 Å². The van der Waals surface area contributed by atoms with Crippen LogP contribution in [0.1, 0.15) is 12.0 Å². The Morgan fingerprint density at radius 1 is 1.45 bits per heavy atom. The second-order valence-electron chi connectivity index (χ2n) is 4.57. The molecule has 5 nitrogen and oxygen atoms in total. The number of nitrogens with zero attached hydrogens (tertiary/aromatic N) is 1. The monoisotopic (exact) mass is 280 g/mol. The van der Waals surface area contributed by atoms with Crippen LogP contribution in [0.25, 0.3) is 0 Å². The first-order valence-electron chi connectivity index (χ1n) is 6.47. The molecule has 0 bridgehead atoms. The van der Waals surface area contributed by atoms with Gasteiger partial charge in [-0.05, 0) is 18.1 Å². The number of methoxy groups -OCH3 is 1. The fourth-order valence-electron chi connectivity index (χ4n) is 2.22. The van der Waals surface area contributed by atoms with Crippen molar-refractivity contribution in [2.45, 2.75) is 12.8 Å². The minimum atomic E-state index is -0.472. The Balaban J connectivity index is 2.11. The molecule has 108 valence electrons. The number of benzene rings is 1. The van der Waals surface area contributed by atoms with E-state index >= 15 is 0 Å². The first kappa shape index (κ1) is 14.5. The first-order chi connectivity index (χ1) is 9.63. The molecule has 1 N–H and O–H groups in total. The minimum absolute atomic E-state index is 0.170. The normalized spacial score (nSPS) is 14.1. The number of hydrogen-bond donors (Lipinski definition) is 1. The van der Waals surface area contributed by atoms with Crippen molar-refractivity contribution in [2.75, 3.05) is 31.7 Å². The molecule has 1 heterocycles. The summed E-state index contributed by atoms with van der Waals surface area (Å²) in [7, 11) is 1.53. The Kier molecular flexibility index (Phi) is 4.68. The van der Waals surface area contributed by atoms with Gasteiger partial charge < -0.3 is 10.1 Å². The molecule has 0 fully saturated rings. The molecule has 6 heteroatoms. The van der Waals surface area contributed by atoms with Gasteiger partial charge in [0.2, 0.25) is 11.8 Å². The Morgan fingerprint density at radius 3 is 3.00 bits per heavy atom. The van der Waals surface area contributed by atoms with Crippen LogP contribution in [0.5, 0.6) is 0 Å². The van der Waals surface area contributed by atoms with Crippen molar-refractivity contribution >= 4 is 17.5 Å². The number of anilines is 1. The lowest BCUT2D eigenvalue weighted by Gasteiger charge is -2.29. The van der Waals surface area contributed by atoms with E-state index in [1.165, 1.54) is 18.1 Å². The van der Waals surface area contributed by atoms with E-state index in [2.05, 4.69) is 5.32 Å². The van der Waals surface area contributed by atoms with Crippen molar-refractivity contribution in [3.8, 4) is 0 Å². The Labute approximate surface area is 116 Å². The SMILES string of the molecule is COCCNC(=O)CN1C(=O)CCc2cccc(F)c21. The highest BCUT2D eigenvalue weighted by atomic mass is 19.1. The van der Waals surface area contributed by atoms with Crippen LogP contribution in [-0.2, 0) is 20.7 Å². The molecular weight excluding hydrogens is 263 g/mol. The van der Waals surface area contributed by atoms with Gasteiger partial charge in [0.05, 0.1) is 12.3 Å². The van der Waals surface area contributed by atoms with Gasteiger partial charge in [-0.15, -0.1) is 0 Å². The zero-order valence-electron chi connectivity index (χ0n) is 11.3. The summed E-state index contributed by atoms with van der Waals surface area (Å²) in [6.07, 6.45) is 0.801. The van der Waals surface area contributed by atoms with Crippen LogP contribution in [0.15, 0.2) is 18.2 Å². The summed E-state index contributed by atoms with van der Waals surface area (Å²) in [6, 6.07) is 4.69. The molecule has 0 atom stereocenters. The molecule has 1 aromatic rings. The number of nitrogens with one attached hydrogen (secondary N) is 1. The maximum atomic E-state index is 13.9. The predicted octanol–water partition coefficient (Wildman–Crippen LogP) is 0.868. The molecular formula is C14H17FN2O3. The quantitative estimate of drug-likeness (QED) is 0.814. The molecule has 0 radical (unpaired) electrons. The van der Waals surface area contributed by atoms with Crippen molar-refractivity contribution in [3.05, 3.63) is 29.6 Å². The molecule has 1 aliphatic rings. The summed E-state index contributed by atoms with van der Waals surface area (Å²) in [6.45, 7) is 0.586. The van der Waals surface area contributed by atoms with Gasteiger partial charge in [0, 0.05) is 20.1 Å². The van der Waals surface area contributed by atoms with Crippen LogP contribution in [0, 0.1) is 5.82 Å². The van der Waals surface area contributed by atoms with Crippen LogP contribution >= 0.6 is 0 Å². The van der Waals surface area contributed by atoms with E-state index in [9.17, 15) is 14.0 Å². The van der Waals surface area contributed by atoms with Gasteiger partial charge in [0.15, 0.2) is 0 Å². The molecule has 2 amide bonds. The van der Waals surface area contributed by atoms with Gasteiger partial charge in [-0.1, -0.05) is 12.1 Å². The Morgan fingerprint density at radius 2 is 2.25 bits per heavy atom. The van der Waals surface area contributed by atoms with Gasteiger partial charge >= 0.3 is 0 Å². The van der Waals surface area contributed by atoms with E-state index in [1.54, 1.807) is 12.1 Å². The number of hydrogen-bond acceptors (Lipinski definition) is 3. The molecule has 0 saturated carbocycles. The summed E-state index contributed by atoms with van der Waals surface area (Å²) < 4.78 is 18.7. The fraction of sp³-hybridized carbons (Fsp3) is 0.429. The molecule has 1 aliphatic heterocycles. The van der Waals surface area contributed by atoms with Crippen LogP contribution in [0.4, 0.5) is 10.1 Å². The number of amides is 2. The summed E-state index contributed by atoms with van der Waals surface area (Å²) >= 11 is 0. The zero-order valence-corrected chi connectivity index (χ0v) is 11.3. The lowest BCUT2D eigenvalue weighted by atomic mass is 10.0. The van der Waals surface area contributed by atoms with E-state index < -0.39 is 5.82 Å². The van der Waals surface area contributed by atoms with Crippen LogP contribution in [-0.4, -0.2) is 38.6 Å². The van der Waals surface area contributed by atoms with E-state index in [0.29, 0.717) is 26.0 Å². The topological polar surface area (TPSA) is 58.6 Å². The molecule has 0 saturated heterocycles. The Hall–Kier alpha value is -1.95. The molecule has 2 rings (SSSR count). The average molecular weight is 280 g/mol. The molecule has 0 spiro atoms. The van der Waals surface area contributed by atoms with E-state index in [-0.39, 0.29) is 24.0 Å². The predicted molar refractivity (Wildman–Crippen MR) is 72.0 cm³/mol. The number of para-hydroxylation sites is 1. The lowest BCUT2D eigenvalue weighted by Crippen LogP contribution is -2.44. The minimum Gasteiger partial charge on any atom is -0.383 e. The Bertz CT molecular complexity index is 519. The van der Waals surface area contributed by atoms with E-state index in [1.807, 2.05) is 0 Å². The van der Waals surface area contributed by atoms with E-state index in [4.69, 9.17) is 4.74 Å². The summed E-state index contributed by atoms with van der Waals surface area (Å²) in [4.78, 5) is 24.9. The third-order valence-corrected chi connectivity index (χ3v) is 3.18. The second-order valence-corrected chi connectivity index (χ2v) is 4.57. The highest BCUT2D eigenvalue weighted by Crippen LogP contribution is 2.30. The smallest absolute Gasteiger partial charge is 0.240 e. The van der Waals surface area contributed by atoms with Crippen LogP contribution in [0.3, 0.4) is 0 Å². The standard InChI is InChI=1S/C14H17FN2O3/c1-20-8-7-16-12(18)9-17-13(19)6-5-10-3-2-4-11(15)14(10)17/h2-4H,5-9H2,1H3,(H,16,18). The van der Waals surface area contributed by atoms with Crippen molar-refractivity contribution in [1.82, 2.24) is 5.32 Å². The number of rotatable bonds is 5. The number of carbonyl (C=O) groups is 2. The van der Waals surface area contributed by atoms with Crippen LogP contribution in [0.2, 0.25) is 0 Å². The van der Waals surface area contributed by atoms with Gasteiger partial charge in [-0.2, -0.15) is 0 Å². The number of ether oxygens (including phenoxy) is 1. The second kappa shape index (κ2) is 6.47. The molecule has 0 aromatic heterocycles. The zero-order chi connectivity index (χ0) is 14.5. The highest BCUT2D eigenvalue weighted by Gasteiger charge is 2.28. The van der Waals surface area contributed by atoms with Gasteiger partial charge in [0.25, 0.3) is 0 Å². The largest absolute Gasteiger partial charge is 0.383 e. The first-order valence-corrected chi connectivity index (χ1v) is 6.47. The van der Waals surface area contributed by atoms with E-state index in [0.717, 1.165) is 5.56 Å². The number of aryl methyl sites for hydroxylation is 1. The number of fused-ring (bicyclic) bond motifs is 1. The van der Waals surface area contributed by atoms with Gasteiger partial charge in [-0.25, -0.2) is 4.39 Å². The third-order valence-electron chi connectivity index (χ3n) is 3.18. The number of carbonyl (C=O) groups excluding carboxylic acids is 2. The lowest BCUT2D eigenvalue weighted by molar-refractivity contribution is -0.124. The summed E-state index contributed by atoms with van der Waals surface area (Å²) in [5, 5.41) is 2.62. The third kappa shape index (κ3) is 3.14. The maximum Gasteiger partial charge on any atom is 0.240 e. The molecule has 0 unspecified atom stereocenters. The van der Waals surface area contributed by atoms with Gasteiger partial charge in [0.1, 0.15) is 12.4 Å². The molecule has 0 aliphatic carbocycles. The summed E-state index contributed by atoms with van der Waals surface area (Å²) in [5.41, 5.74) is 0.986. The fourth-order valence-corrected chi connectivity index (χ4v) is 2.22. The number of halogens is 1. The average Bonchev–Trinajstić information content (AvgIpc) is 2.42. The van der Waals surface area contributed by atoms with Crippen molar-refractivity contribution in [2.24, 2.45) is 0 Å². The summed E-state index contributed by atoms with van der Waals surface area (Å²) in [5.74, 6) is -1.03. The molecule has 1 aromatic carbocycles. The molecule has 20 heavy (non-hydrogen) atoms. The van der Waals surface area contributed by atoms with Gasteiger partial charge in [-0.3, -0.25) is 14.5 Å². The van der Waals surface area contributed by atoms with Crippen molar-refractivity contribution in [1.29, 1.82) is 0 Å². The maximum absolute atomic E-state index is 13.9. The highest BCUT2D eigenvalue weighted by molar-refractivity contribution is 6.01. The van der Waals surface area contributed by atoms with Crippen LogP contribution < -0.4 is 10.2 Å². The van der Waals surface area contributed by atoms with Crippen molar-refractivity contribution in [3.63, 3.8) is 0 Å².